The summed E-state index contributed by atoms with van der Waals surface area (Å²) in [4.78, 5) is 12.2. The van der Waals surface area contributed by atoms with Crippen LogP contribution in [0.5, 0.6) is 0 Å². The molecule has 3 rings (SSSR count). The van der Waals surface area contributed by atoms with E-state index in [4.69, 9.17) is 0 Å². The van der Waals surface area contributed by atoms with E-state index in [0.29, 0.717) is 17.7 Å². The van der Waals surface area contributed by atoms with Crippen molar-refractivity contribution in [3.05, 3.63) is 5.82 Å². The van der Waals surface area contributed by atoms with E-state index in [1.165, 1.54) is 37.4 Å². The molecule has 0 spiro atoms. The van der Waals surface area contributed by atoms with Crippen LogP contribution in [0.3, 0.4) is 0 Å². The van der Waals surface area contributed by atoms with Crippen molar-refractivity contribution in [1.82, 2.24) is 20.1 Å². The summed E-state index contributed by atoms with van der Waals surface area (Å²) in [7, 11) is 1.96. The average molecular weight is 322 g/mol. The lowest BCUT2D eigenvalue weighted by atomic mass is 9.84. The third kappa shape index (κ3) is 3.16. The lowest BCUT2D eigenvalue weighted by Crippen LogP contribution is -2.40. The number of carbonyl (C=O) groups is 1. The molecule has 0 radical (unpaired) electrons. The molecule has 1 aromatic rings. The van der Waals surface area contributed by atoms with Crippen LogP contribution in [0.4, 0.5) is 0 Å². The van der Waals surface area contributed by atoms with E-state index in [2.05, 4.69) is 29.4 Å². The van der Waals surface area contributed by atoms with E-state index in [-0.39, 0.29) is 5.91 Å². The van der Waals surface area contributed by atoms with Crippen LogP contribution in [0.1, 0.15) is 45.4 Å². The number of fused-ring (bicyclic) bond motifs is 2. The Morgan fingerprint density at radius 3 is 2.82 bits per heavy atom. The molecule has 1 amide bonds. The highest BCUT2D eigenvalue weighted by Crippen LogP contribution is 2.49. The molecule has 2 bridgehead atoms. The number of aromatic nitrogens is 3. The van der Waals surface area contributed by atoms with Crippen LogP contribution >= 0.6 is 11.8 Å². The molecule has 2 aliphatic carbocycles. The van der Waals surface area contributed by atoms with E-state index in [1.54, 1.807) is 0 Å². The summed E-state index contributed by atoms with van der Waals surface area (Å²) in [5.41, 5.74) is 0. The van der Waals surface area contributed by atoms with Gasteiger partial charge in [-0.25, -0.2) is 0 Å². The zero-order valence-electron chi connectivity index (χ0n) is 13.7. The minimum Gasteiger partial charge on any atom is -0.353 e. The summed E-state index contributed by atoms with van der Waals surface area (Å²) in [6.45, 7) is 4.23. The highest BCUT2D eigenvalue weighted by atomic mass is 32.2. The van der Waals surface area contributed by atoms with Gasteiger partial charge in [-0.15, -0.1) is 10.2 Å². The van der Waals surface area contributed by atoms with Gasteiger partial charge in [0.15, 0.2) is 5.16 Å². The fourth-order valence-corrected chi connectivity index (χ4v) is 4.96. The Morgan fingerprint density at radius 2 is 2.23 bits per heavy atom. The summed E-state index contributed by atoms with van der Waals surface area (Å²) in [6, 6.07) is 0.300. The van der Waals surface area contributed by atoms with Crippen LogP contribution in [-0.4, -0.2) is 32.5 Å². The largest absolute Gasteiger partial charge is 0.353 e. The second kappa shape index (κ2) is 6.60. The van der Waals surface area contributed by atoms with Crippen molar-refractivity contribution in [2.24, 2.45) is 24.8 Å². The van der Waals surface area contributed by atoms with Gasteiger partial charge in [0, 0.05) is 19.5 Å². The molecule has 0 aliphatic heterocycles. The average Bonchev–Trinajstić information content (AvgIpc) is 3.20. The molecule has 1 heterocycles. The fraction of sp³-hybridized carbons (Fsp3) is 0.812. The van der Waals surface area contributed by atoms with Gasteiger partial charge in [0.25, 0.3) is 0 Å². The van der Waals surface area contributed by atoms with E-state index in [0.717, 1.165) is 29.2 Å². The Balaban J connectivity index is 1.47. The van der Waals surface area contributed by atoms with Crippen molar-refractivity contribution in [3.8, 4) is 0 Å². The molecule has 1 N–H and O–H groups in total. The third-order valence-corrected chi connectivity index (χ3v) is 6.42. The Bertz CT molecular complexity index is 544. The van der Waals surface area contributed by atoms with Gasteiger partial charge in [-0.3, -0.25) is 4.79 Å². The van der Waals surface area contributed by atoms with Crippen LogP contribution in [0.15, 0.2) is 5.16 Å². The molecule has 0 unspecified atom stereocenters. The maximum absolute atomic E-state index is 12.2. The standard InChI is InChI=1S/C16H26N4OS/c1-4-14-18-19-16(20(14)3)22-9-15(21)17-10(2)13-8-11-5-6-12(13)7-11/h10-13H,4-9H2,1-3H3,(H,17,21)/t10-,11-,12-,13-/m0/s1. The topological polar surface area (TPSA) is 59.8 Å². The number of aryl methyl sites for hydroxylation is 1. The minimum atomic E-state index is 0.112. The minimum absolute atomic E-state index is 0.112. The van der Waals surface area contributed by atoms with Gasteiger partial charge in [0.05, 0.1) is 5.75 Å². The highest BCUT2D eigenvalue weighted by molar-refractivity contribution is 7.99. The molecule has 2 saturated carbocycles. The maximum atomic E-state index is 12.2. The van der Waals surface area contributed by atoms with Crippen molar-refractivity contribution >= 4 is 17.7 Å². The van der Waals surface area contributed by atoms with Gasteiger partial charge >= 0.3 is 0 Å². The third-order valence-electron chi connectivity index (χ3n) is 5.40. The molecule has 5 nitrogen and oxygen atoms in total. The van der Waals surface area contributed by atoms with Crippen LogP contribution in [0.25, 0.3) is 0 Å². The van der Waals surface area contributed by atoms with Crippen LogP contribution in [-0.2, 0) is 18.3 Å². The van der Waals surface area contributed by atoms with Gasteiger partial charge in [0.2, 0.25) is 5.91 Å². The van der Waals surface area contributed by atoms with Crippen molar-refractivity contribution < 1.29 is 4.79 Å². The molecule has 1 aromatic heterocycles. The maximum Gasteiger partial charge on any atom is 0.230 e. The van der Waals surface area contributed by atoms with Gasteiger partial charge in [-0.2, -0.15) is 0 Å². The van der Waals surface area contributed by atoms with Crippen molar-refractivity contribution in [3.63, 3.8) is 0 Å². The first-order valence-corrected chi connectivity index (χ1v) is 9.37. The quantitative estimate of drug-likeness (QED) is 0.817. The second-order valence-corrected chi connectivity index (χ2v) is 7.74. The Kier molecular flexibility index (Phi) is 4.76. The SMILES string of the molecule is CCc1nnc(SCC(=O)N[C@@H](C)[C@@H]2C[C@H]3CC[C@H]2C3)n1C. The fourth-order valence-electron chi connectivity index (χ4n) is 4.22. The Labute approximate surface area is 136 Å². The highest BCUT2D eigenvalue weighted by Gasteiger charge is 2.42. The number of nitrogens with zero attached hydrogens (tertiary/aromatic N) is 3. The second-order valence-electron chi connectivity index (χ2n) is 6.79. The predicted molar refractivity (Wildman–Crippen MR) is 87.6 cm³/mol. The zero-order chi connectivity index (χ0) is 15.7. The zero-order valence-corrected chi connectivity index (χ0v) is 14.5. The monoisotopic (exact) mass is 322 g/mol. The Hall–Kier alpha value is -1.04. The summed E-state index contributed by atoms with van der Waals surface area (Å²) in [5.74, 6) is 3.95. The molecule has 2 aliphatic rings. The van der Waals surface area contributed by atoms with Gasteiger partial charge in [-0.1, -0.05) is 25.1 Å². The number of thioether (sulfide) groups is 1. The first kappa shape index (κ1) is 15.8. The number of rotatable bonds is 6. The summed E-state index contributed by atoms with van der Waals surface area (Å²) in [5, 5.41) is 12.3. The van der Waals surface area contributed by atoms with E-state index in [9.17, 15) is 4.79 Å². The molecular weight excluding hydrogens is 296 g/mol. The number of nitrogens with one attached hydrogen (secondary N) is 1. The lowest BCUT2D eigenvalue weighted by Gasteiger charge is -2.28. The Morgan fingerprint density at radius 1 is 1.41 bits per heavy atom. The van der Waals surface area contributed by atoms with Crippen LogP contribution in [0, 0.1) is 17.8 Å². The number of hydrogen-bond donors (Lipinski definition) is 1. The van der Waals surface area contributed by atoms with E-state index >= 15 is 0 Å². The van der Waals surface area contributed by atoms with Crippen molar-refractivity contribution in [1.29, 1.82) is 0 Å². The molecular formula is C16H26N4OS. The number of amides is 1. The molecule has 0 aromatic carbocycles. The molecule has 2 fully saturated rings. The van der Waals surface area contributed by atoms with Crippen LogP contribution < -0.4 is 5.32 Å². The van der Waals surface area contributed by atoms with Gasteiger partial charge in [-0.05, 0) is 43.9 Å². The summed E-state index contributed by atoms with van der Waals surface area (Å²) >= 11 is 1.47. The van der Waals surface area contributed by atoms with E-state index in [1.807, 2.05) is 11.6 Å². The number of carbonyl (C=O) groups excluding carboxylic acids is 1. The smallest absolute Gasteiger partial charge is 0.230 e. The predicted octanol–water partition coefficient (Wildman–Crippen LogP) is 2.41. The summed E-state index contributed by atoms with van der Waals surface area (Å²) < 4.78 is 1.97. The molecule has 6 heteroatoms. The summed E-state index contributed by atoms with van der Waals surface area (Å²) in [6.07, 6.45) is 6.32. The molecule has 4 atom stereocenters. The molecule has 0 saturated heterocycles. The van der Waals surface area contributed by atoms with E-state index < -0.39 is 0 Å². The normalized spacial score (nSPS) is 28.0. The van der Waals surface area contributed by atoms with Crippen molar-refractivity contribution in [2.75, 3.05) is 5.75 Å². The lowest BCUT2D eigenvalue weighted by molar-refractivity contribution is -0.119. The van der Waals surface area contributed by atoms with Crippen LogP contribution in [0.2, 0.25) is 0 Å². The van der Waals surface area contributed by atoms with Crippen molar-refractivity contribution in [2.45, 2.75) is 57.1 Å². The first-order chi connectivity index (χ1) is 10.6. The molecule has 122 valence electrons. The van der Waals surface area contributed by atoms with Gasteiger partial charge < -0.3 is 9.88 Å². The number of hydrogen-bond acceptors (Lipinski definition) is 4. The first-order valence-electron chi connectivity index (χ1n) is 8.38. The van der Waals surface area contributed by atoms with Gasteiger partial charge in [0.1, 0.15) is 5.82 Å². The molecule has 22 heavy (non-hydrogen) atoms.